The molecule has 0 saturated carbocycles. The van der Waals surface area contributed by atoms with Crippen LogP contribution in [0.5, 0.6) is 0 Å². The van der Waals surface area contributed by atoms with Crippen LogP contribution in [0, 0.1) is 0 Å². The number of hydrogen-bond donors (Lipinski definition) is 2. The van der Waals surface area contributed by atoms with E-state index in [4.69, 9.17) is 0 Å². The van der Waals surface area contributed by atoms with Crippen molar-refractivity contribution >= 4 is 12.7 Å². The van der Waals surface area contributed by atoms with E-state index >= 15 is 0 Å². The molecule has 0 spiro atoms. The molecule has 2 aliphatic rings. The van der Waals surface area contributed by atoms with E-state index in [9.17, 15) is 0 Å². The Morgan fingerprint density at radius 3 is 1.45 bits per heavy atom. The molecule has 2 aliphatic heterocycles. The summed E-state index contributed by atoms with van der Waals surface area (Å²) in [5.41, 5.74) is 0. The Labute approximate surface area is 80.2 Å². The third kappa shape index (κ3) is 6.02. The molecule has 66 valence electrons. The molecule has 0 aliphatic carbocycles. The van der Waals surface area contributed by atoms with Crippen LogP contribution in [0.2, 0.25) is 0 Å². The molecule has 11 heavy (non-hydrogen) atoms. The van der Waals surface area contributed by atoms with E-state index in [1.54, 1.807) is 12.7 Å². The topological polar surface area (TPSA) is 48.8 Å². The zero-order chi connectivity index (χ0) is 7.07. The first-order valence-electron chi connectivity index (χ1n) is 3.43. The standard InChI is InChI=1S/2C3H6N2.Pd/c2*1-2-5-3-4-1;/h2*3H,1-2H2,(H,4,5);. The molecule has 0 aromatic carbocycles. The Balaban J connectivity index is 0.000000167. The molecule has 0 bridgehead atoms. The van der Waals surface area contributed by atoms with E-state index in [2.05, 4.69) is 20.6 Å². The normalized spacial score (nSPS) is 17.5. The van der Waals surface area contributed by atoms with Crippen LogP contribution in [-0.2, 0) is 20.4 Å². The van der Waals surface area contributed by atoms with Gasteiger partial charge in [0, 0.05) is 33.5 Å². The van der Waals surface area contributed by atoms with Gasteiger partial charge in [0.2, 0.25) is 0 Å². The fourth-order valence-corrected chi connectivity index (χ4v) is 0.645. The summed E-state index contributed by atoms with van der Waals surface area (Å²) in [5, 5.41) is 5.86. The van der Waals surface area contributed by atoms with Crippen LogP contribution < -0.4 is 10.6 Å². The number of nitrogens with one attached hydrogen (secondary N) is 2. The predicted octanol–water partition coefficient (Wildman–Crippen LogP) is -0.767. The first kappa shape index (κ1) is 10.6. The molecule has 2 heterocycles. The van der Waals surface area contributed by atoms with Gasteiger partial charge < -0.3 is 10.6 Å². The van der Waals surface area contributed by atoms with Crippen molar-refractivity contribution in [1.29, 1.82) is 0 Å². The second-order valence-electron chi connectivity index (χ2n) is 1.98. The molecule has 0 aromatic rings. The fourth-order valence-electron chi connectivity index (χ4n) is 0.645. The first-order chi connectivity index (χ1) is 5.00. The maximum Gasteiger partial charge on any atom is 0.0825 e. The van der Waals surface area contributed by atoms with Crippen molar-refractivity contribution in [3.8, 4) is 0 Å². The Bertz CT molecular complexity index is 107. The number of hydrogen-bond acceptors (Lipinski definition) is 4. The average molecular weight is 247 g/mol. The fraction of sp³-hybridized carbons (Fsp3) is 0.667. The molecule has 2 N–H and O–H groups in total. The molecule has 0 aromatic heterocycles. The van der Waals surface area contributed by atoms with E-state index < -0.39 is 0 Å². The van der Waals surface area contributed by atoms with Gasteiger partial charge >= 0.3 is 0 Å². The van der Waals surface area contributed by atoms with Crippen LogP contribution in [0.25, 0.3) is 0 Å². The van der Waals surface area contributed by atoms with Gasteiger partial charge in [-0.1, -0.05) is 0 Å². The van der Waals surface area contributed by atoms with Crippen LogP contribution in [0.1, 0.15) is 0 Å². The van der Waals surface area contributed by atoms with E-state index in [0.717, 1.165) is 26.2 Å². The largest absolute Gasteiger partial charge is 0.375 e. The molecular weight excluding hydrogens is 235 g/mol. The van der Waals surface area contributed by atoms with Crippen molar-refractivity contribution in [2.45, 2.75) is 0 Å². The summed E-state index contributed by atoms with van der Waals surface area (Å²) in [6.07, 6.45) is 3.47. The summed E-state index contributed by atoms with van der Waals surface area (Å²) in [5.74, 6) is 0. The molecule has 0 atom stereocenters. The van der Waals surface area contributed by atoms with Gasteiger partial charge in [-0.05, 0) is 0 Å². The maximum atomic E-state index is 3.85. The number of aliphatic imine (C=N–C) groups is 2. The van der Waals surface area contributed by atoms with Crippen molar-refractivity contribution in [3.05, 3.63) is 0 Å². The van der Waals surface area contributed by atoms with E-state index in [0.29, 0.717) is 0 Å². The van der Waals surface area contributed by atoms with Crippen molar-refractivity contribution in [3.63, 3.8) is 0 Å². The van der Waals surface area contributed by atoms with Crippen molar-refractivity contribution < 1.29 is 20.4 Å². The van der Waals surface area contributed by atoms with Gasteiger partial charge in [0.25, 0.3) is 0 Å². The summed E-state index contributed by atoms with van der Waals surface area (Å²) in [7, 11) is 0. The molecule has 0 unspecified atom stereocenters. The van der Waals surface area contributed by atoms with Gasteiger partial charge in [-0.3, -0.25) is 9.98 Å². The second-order valence-corrected chi connectivity index (χ2v) is 1.98. The van der Waals surface area contributed by atoms with Crippen molar-refractivity contribution in [1.82, 2.24) is 10.6 Å². The zero-order valence-corrected chi connectivity index (χ0v) is 7.75. The molecule has 5 heteroatoms. The minimum atomic E-state index is 0. The second kappa shape index (κ2) is 7.71. The van der Waals surface area contributed by atoms with Gasteiger partial charge in [0.05, 0.1) is 25.8 Å². The van der Waals surface area contributed by atoms with Crippen LogP contribution in [0.15, 0.2) is 9.98 Å². The van der Waals surface area contributed by atoms with E-state index in [1.807, 2.05) is 0 Å². The van der Waals surface area contributed by atoms with Crippen LogP contribution in [0.4, 0.5) is 0 Å². The summed E-state index contributed by atoms with van der Waals surface area (Å²) in [6, 6.07) is 0. The quantitative estimate of drug-likeness (QED) is 0.552. The SMILES string of the molecule is C1=NCCN1.C1=NCCN1.[Pd]. The van der Waals surface area contributed by atoms with E-state index in [-0.39, 0.29) is 20.4 Å². The van der Waals surface area contributed by atoms with Gasteiger partial charge in [0.1, 0.15) is 0 Å². The first-order valence-corrected chi connectivity index (χ1v) is 3.43. The van der Waals surface area contributed by atoms with Gasteiger partial charge in [-0.25, -0.2) is 0 Å². The Hall–Kier alpha value is -0.398. The summed E-state index contributed by atoms with van der Waals surface area (Å²) < 4.78 is 0. The van der Waals surface area contributed by atoms with Gasteiger partial charge in [-0.15, -0.1) is 0 Å². The monoisotopic (exact) mass is 246 g/mol. The molecule has 0 radical (unpaired) electrons. The molecule has 0 fully saturated rings. The van der Waals surface area contributed by atoms with Crippen LogP contribution in [-0.4, -0.2) is 38.9 Å². The van der Waals surface area contributed by atoms with Gasteiger partial charge in [0.15, 0.2) is 0 Å². The van der Waals surface area contributed by atoms with Crippen molar-refractivity contribution in [2.24, 2.45) is 9.98 Å². The van der Waals surface area contributed by atoms with Crippen LogP contribution >= 0.6 is 0 Å². The molecule has 0 amide bonds. The summed E-state index contributed by atoms with van der Waals surface area (Å²) >= 11 is 0. The Kier molecular flexibility index (Phi) is 7.43. The summed E-state index contributed by atoms with van der Waals surface area (Å²) in [6.45, 7) is 3.97. The predicted molar refractivity (Wildman–Crippen MR) is 42.7 cm³/mol. The minimum Gasteiger partial charge on any atom is -0.375 e. The maximum absolute atomic E-state index is 3.85. The van der Waals surface area contributed by atoms with Crippen LogP contribution in [0.3, 0.4) is 0 Å². The Morgan fingerprint density at radius 2 is 1.36 bits per heavy atom. The van der Waals surface area contributed by atoms with Gasteiger partial charge in [-0.2, -0.15) is 0 Å². The third-order valence-corrected chi connectivity index (χ3v) is 1.14. The summed E-state index contributed by atoms with van der Waals surface area (Å²) in [4.78, 5) is 7.69. The third-order valence-electron chi connectivity index (χ3n) is 1.14. The molecular formula is C6H12N4Pd. The Morgan fingerprint density at radius 1 is 0.909 bits per heavy atom. The van der Waals surface area contributed by atoms with Crippen molar-refractivity contribution in [2.75, 3.05) is 26.2 Å². The molecule has 0 saturated heterocycles. The molecule has 4 nitrogen and oxygen atoms in total. The average Bonchev–Trinajstić information content (AvgIpc) is 2.67. The molecule has 2 rings (SSSR count). The van der Waals surface area contributed by atoms with E-state index in [1.165, 1.54) is 0 Å². The number of nitrogens with zero attached hydrogens (tertiary/aromatic N) is 2. The zero-order valence-electron chi connectivity index (χ0n) is 6.19. The smallest absolute Gasteiger partial charge is 0.0825 e. The number of rotatable bonds is 0. The minimum absolute atomic E-state index is 0.